The molecule has 0 unspecified atom stereocenters. The van der Waals surface area contributed by atoms with E-state index in [-0.39, 0.29) is 12.5 Å². The summed E-state index contributed by atoms with van der Waals surface area (Å²) in [6, 6.07) is -0.532. The van der Waals surface area contributed by atoms with Crippen LogP contribution in [0.25, 0.3) is 0 Å². The van der Waals surface area contributed by atoms with Gasteiger partial charge < -0.3 is 15.0 Å². The van der Waals surface area contributed by atoms with Crippen molar-refractivity contribution in [2.24, 2.45) is 0 Å². The Morgan fingerprint density at radius 2 is 2.10 bits per heavy atom. The number of fused-ring (bicyclic) bond motifs is 1. The first-order chi connectivity index (χ1) is 10.2. The highest BCUT2D eigenvalue weighted by molar-refractivity contribution is 5.88. The number of cyclic esters (lactones) is 1. The van der Waals surface area contributed by atoms with Gasteiger partial charge in [0.1, 0.15) is 12.6 Å². The van der Waals surface area contributed by atoms with Crippen molar-refractivity contribution in [2.75, 3.05) is 19.7 Å². The number of carbonyl (C=O) groups is 2. The number of alkyl carbamates (subject to hydrolysis) is 1. The molecule has 1 saturated heterocycles. The molecule has 0 radical (unpaired) electrons. The second kappa shape index (κ2) is 4.75. The van der Waals surface area contributed by atoms with Crippen molar-refractivity contribution in [3.63, 3.8) is 0 Å². The van der Waals surface area contributed by atoms with Crippen molar-refractivity contribution >= 4 is 12.0 Å². The molecular weight excluding hydrogens is 272 g/mol. The molecule has 1 aromatic heterocycles. The van der Waals surface area contributed by atoms with E-state index < -0.39 is 12.1 Å². The Balaban J connectivity index is 1.46. The summed E-state index contributed by atoms with van der Waals surface area (Å²) in [6.07, 6.45) is 3.58. The third kappa shape index (κ3) is 2.26. The van der Waals surface area contributed by atoms with Gasteiger partial charge in [-0.05, 0) is 24.8 Å². The maximum absolute atomic E-state index is 12.4. The molecule has 4 rings (SSSR count). The summed E-state index contributed by atoms with van der Waals surface area (Å²) in [6.45, 7) is 1.47. The Bertz CT molecular complexity index is 593. The Morgan fingerprint density at radius 3 is 2.81 bits per heavy atom. The predicted molar refractivity (Wildman–Crippen MR) is 72.8 cm³/mol. The lowest BCUT2D eigenvalue weighted by atomic mass is 10.1. The van der Waals surface area contributed by atoms with E-state index in [1.54, 1.807) is 0 Å². The molecule has 7 nitrogen and oxygen atoms in total. The third-order valence-corrected chi connectivity index (χ3v) is 4.50. The first-order valence-electron chi connectivity index (χ1n) is 7.50. The van der Waals surface area contributed by atoms with Crippen molar-refractivity contribution in [3.8, 4) is 0 Å². The fraction of sp³-hybridized carbons (Fsp3) is 0.643. The summed E-state index contributed by atoms with van der Waals surface area (Å²) in [5.74, 6) is 0.571. The lowest BCUT2D eigenvalue weighted by Crippen LogP contribution is -2.46. The quantitative estimate of drug-likeness (QED) is 0.821. The number of hydrogen-bond donors (Lipinski definition) is 2. The molecule has 1 atom stereocenters. The zero-order chi connectivity index (χ0) is 14.4. The SMILES string of the molecule is O=C1N[C@H](C(=O)N2CCc3[nH]nc(C4CC4)c3CC2)CO1. The largest absolute Gasteiger partial charge is 0.447 e. The lowest BCUT2D eigenvalue weighted by molar-refractivity contribution is -0.133. The van der Waals surface area contributed by atoms with Gasteiger partial charge in [0.05, 0.1) is 5.69 Å². The number of nitrogens with one attached hydrogen (secondary N) is 2. The van der Waals surface area contributed by atoms with Crippen LogP contribution in [0.4, 0.5) is 4.79 Å². The number of nitrogens with zero attached hydrogens (tertiary/aromatic N) is 2. The summed E-state index contributed by atoms with van der Waals surface area (Å²) >= 11 is 0. The third-order valence-electron chi connectivity index (χ3n) is 4.50. The van der Waals surface area contributed by atoms with Crippen molar-refractivity contribution in [3.05, 3.63) is 17.0 Å². The average Bonchev–Trinajstić information content (AvgIpc) is 3.17. The summed E-state index contributed by atoms with van der Waals surface area (Å²) in [5.41, 5.74) is 3.68. The van der Waals surface area contributed by atoms with Gasteiger partial charge in [-0.25, -0.2) is 4.79 Å². The van der Waals surface area contributed by atoms with Crippen LogP contribution in [0.5, 0.6) is 0 Å². The van der Waals surface area contributed by atoms with E-state index in [0.29, 0.717) is 19.0 Å². The van der Waals surface area contributed by atoms with Gasteiger partial charge in [-0.1, -0.05) is 0 Å². The van der Waals surface area contributed by atoms with Crippen LogP contribution in [-0.2, 0) is 22.4 Å². The number of hydrogen-bond acceptors (Lipinski definition) is 4. The van der Waals surface area contributed by atoms with Gasteiger partial charge in [0.25, 0.3) is 0 Å². The average molecular weight is 290 g/mol. The second-order valence-electron chi connectivity index (χ2n) is 5.96. The highest BCUT2D eigenvalue weighted by Crippen LogP contribution is 2.41. The van der Waals surface area contributed by atoms with E-state index in [4.69, 9.17) is 4.74 Å². The monoisotopic (exact) mass is 290 g/mol. The van der Waals surface area contributed by atoms with Crippen molar-refractivity contribution in [2.45, 2.75) is 37.6 Å². The van der Waals surface area contributed by atoms with Crippen LogP contribution in [0.2, 0.25) is 0 Å². The van der Waals surface area contributed by atoms with E-state index in [9.17, 15) is 9.59 Å². The predicted octanol–water partition coefficient (Wildman–Crippen LogP) is 0.323. The normalized spacial score (nSPS) is 25.0. The molecule has 21 heavy (non-hydrogen) atoms. The minimum Gasteiger partial charge on any atom is -0.447 e. The highest BCUT2D eigenvalue weighted by Gasteiger charge is 2.35. The number of aromatic nitrogens is 2. The van der Waals surface area contributed by atoms with Crippen LogP contribution >= 0.6 is 0 Å². The molecule has 1 aliphatic carbocycles. The summed E-state index contributed by atoms with van der Waals surface area (Å²) in [5, 5.41) is 10.1. The number of amides is 2. The molecule has 1 aromatic rings. The number of ether oxygens (including phenoxy) is 1. The molecule has 3 aliphatic rings. The van der Waals surface area contributed by atoms with Gasteiger partial charge in [0.15, 0.2) is 0 Å². The molecule has 1 saturated carbocycles. The Kier molecular flexibility index (Phi) is 2.87. The van der Waals surface area contributed by atoms with E-state index in [2.05, 4.69) is 15.5 Å². The van der Waals surface area contributed by atoms with Crippen LogP contribution in [0.3, 0.4) is 0 Å². The van der Waals surface area contributed by atoms with Gasteiger partial charge in [0.2, 0.25) is 5.91 Å². The van der Waals surface area contributed by atoms with Crippen molar-refractivity contribution in [1.82, 2.24) is 20.4 Å². The first-order valence-corrected chi connectivity index (χ1v) is 7.50. The van der Waals surface area contributed by atoms with Crippen molar-refractivity contribution in [1.29, 1.82) is 0 Å². The Morgan fingerprint density at radius 1 is 1.29 bits per heavy atom. The number of rotatable bonds is 2. The molecule has 0 aromatic carbocycles. The zero-order valence-electron chi connectivity index (χ0n) is 11.7. The van der Waals surface area contributed by atoms with E-state index in [1.165, 1.54) is 29.8 Å². The van der Waals surface area contributed by atoms with Gasteiger partial charge >= 0.3 is 6.09 Å². The minimum absolute atomic E-state index is 0.0491. The Labute approximate surface area is 122 Å². The second-order valence-corrected chi connectivity index (χ2v) is 5.96. The first kappa shape index (κ1) is 12.7. The van der Waals surface area contributed by atoms with E-state index >= 15 is 0 Å². The molecule has 0 spiro atoms. The lowest BCUT2D eigenvalue weighted by Gasteiger charge is -2.22. The fourth-order valence-electron chi connectivity index (χ4n) is 3.16. The molecule has 112 valence electrons. The van der Waals surface area contributed by atoms with E-state index in [0.717, 1.165) is 12.8 Å². The standard InChI is InChI=1S/C14H18N4O3/c19-13(11-7-21-14(20)15-11)18-5-3-9-10(4-6-18)16-17-12(9)8-1-2-8/h8,11H,1-7H2,(H,15,20)(H,16,17)/t11-/m0/s1. The van der Waals surface area contributed by atoms with Gasteiger partial charge in [-0.3, -0.25) is 9.89 Å². The maximum atomic E-state index is 12.4. The van der Waals surface area contributed by atoms with Gasteiger partial charge in [0, 0.05) is 31.1 Å². The topological polar surface area (TPSA) is 87.3 Å². The van der Waals surface area contributed by atoms with E-state index in [1.807, 2.05) is 4.90 Å². The zero-order valence-corrected chi connectivity index (χ0v) is 11.7. The number of carbonyl (C=O) groups excluding carboxylic acids is 2. The number of H-pyrrole nitrogens is 1. The maximum Gasteiger partial charge on any atom is 0.407 e. The van der Waals surface area contributed by atoms with Crippen LogP contribution in [0.15, 0.2) is 0 Å². The van der Waals surface area contributed by atoms with Crippen LogP contribution < -0.4 is 5.32 Å². The molecule has 2 aliphatic heterocycles. The number of aromatic amines is 1. The minimum atomic E-state index is -0.532. The van der Waals surface area contributed by atoms with Crippen LogP contribution in [-0.4, -0.2) is 52.8 Å². The molecule has 7 heteroatoms. The molecular formula is C14H18N4O3. The highest BCUT2D eigenvalue weighted by atomic mass is 16.6. The fourth-order valence-corrected chi connectivity index (χ4v) is 3.16. The van der Waals surface area contributed by atoms with Gasteiger partial charge in [-0.15, -0.1) is 0 Å². The molecule has 2 amide bonds. The molecule has 0 bridgehead atoms. The smallest absolute Gasteiger partial charge is 0.407 e. The summed E-state index contributed by atoms with van der Waals surface area (Å²) in [4.78, 5) is 25.3. The molecule has 2 fully saturated rings. The van der Waals surface area contributed by atoms with Crippen LogP contribution in [0.1, 0.15) is 35.7 Å². The summed E-state index contributed by atoms with van der Waals surface area (Å²) in [7, 11) is 0. The van der Waals surface area contributed by atoms with Crippen molar-refractivity contribution < 1.29 is 14.3 Å². The molecule has 2 N–H and O–H groups in total. The van der Waals surface area contributed by atoms with Crippen LogP contribution in [0, 0.1) is 0 Å². The Hall–Kier alpha value is -2.05. The van der Waals surface area contributed by atoms with Gasteiger partial charge in [-0.2, -0.15) is 5.10 Å². The summed E-state index contributed by atoms with van der Waals surface area (Å²) < 4.78 is 4.80. The molecule has 3 heterocycles.